The Balaban J connectivity index is 1.45. The summed E-state index contributed by atoms with van der Waals surface area (Å²) < 4.78 is 1.92. The van der Waals surface area contributed by atoms with Crippen LogP contribution in [-0.4, -0.2) is 41.9 Å². The normalized spacial score (nSPS) is 33.9. The second-order valence-electron chi connectivity index (χ2n) is 5.47. The van der Waals surface area contributed by atoms with Gasteiger partial charge in [0.15, 0.2) is 0 Å². The predicted molar refractivity (Wildman–Crippen MR) is 66.1 cm³/mol. The summed E-state index contributed by atoms with van der Waals surface area (Å²) >= 11 is 0. The summed E-state index contributed by atoms with van der Waals surface area (Å²) in [7, 11) is 0. The summed E-state index contributed by atoms with van der Waals surface area (Å²) in [6, 6.07) is 2.27. The first-order valence-corrected chi connectivity index (χ1v) is 6.60. The zero-order valence-corrected chi connectivity index (χ0v) is 10.1. The van der Waals surface area contributed by atoms with Gasteiger partial charge in [-0.3, -0.25) is 4.79 Å². The summed E-state index contributed by atoms with van der Waals surface area (Å²) in [5, 5.41) is 13.9. The van der Waals surface area contributed by atoms with E-state index in [-0.39, 0.29) is 11.8 Å². The fourth-order valence-electron chi connectivity index (χ4n) is 3.17. The number of piperidine rings is 1. The number of amides is 1. The number of hydrogen-bond acceptors (Lipinski definition) is 4. The van der Waals surface area contributed by atoms with Gasteiger partial charge >= 0.3 is 0 Å². The lowest BCUT2D eigenvalue weighted by Gasteiger charge is -2.28. The van der Waals surface area contributed by atoms with Gasteiger partial charge in [0.1, 0.15) is 5.82 Å². The van der Waals surface area contributed by atoms with Gasteiger partial charge < -0.3 is 16.0 Å². The van der Waals surface area contributed by atoms with Crippen molar-refractivity contribution in [3.8, 4) is 0 Å². The molecule has 3 fully saturated rings. The molecule has 6 heteroatoms. The molecule has 3 aliphatic rings. The van der Waals surface area contributed by atoms with Crippen molar-refractivity contribution in [2.75, 3.05) is 31.5 Å². The second-order valence-corrected chi connectivity index (χ2v) is 5.47. The van der Waals surface area contributed by atoms with Crippen molar-refractivity contribution in [3.63, 3.8) is 0 Å². The average molecular weight is 247 g/mol. The number of carbonyl (C=O) groups excluding carboxylic acids is 1. The molecule has 1 saturated carbocycles. The number of hydrogen-bond donors (Lipinski definition) is 3. The molecule has 0 aromatic carbocycles. The van der Waals surface area contributed by atoms with Crippen LogP contribution in [0.5, 0.6) is 0 Å². The predicted octanol–water partition coefficient (Wildman–Crippen LogP) is -0.569. The van der Waals surface area contributed by atoms with Crippen LogP contribution in [0, 0.1) is 17.8 Å². The van der Waals surface area contributed by atoms with E-state index < -0.39 is 0 Å². The van der Waals surface area contributed by atoms with Gasteiger partial charge in [-0.2, -0.15) is 5.10 Å². The van der Waals surface area contributed by atoms with E-state index in [1.165, 1.54) is 0 Å². The standard InChI is InChI=1S/C12H17N5O/c18-12(11-8-5-14-6-9(8)11)16-10-1-2-15-17(10)7-3-13-4-7/h1-2,7-9,11,13-14H,3-6H2,(H,16,18). The van der Waals surface area contributed by atoms with E-state index in [0.717, 1.165) is 32.0 Å². The number of rotatable bonds is 3. The third-order valence-corrected chi connectivity index (χ3v) is 4.42. The van der Waals surface area contributed by atoms with E-state index in [0.29, 0.717) is 17.9 Å². The van der Waals surface area contributed by atoms with Crippen molar-refractivity contribution < 1.29 is 4.79 Å². The molecular formula is C12H17N5O. The van der Waals surface area contributed by atoms with E-state index in [4.69, 9.17) is 0 Å². The van der Waals surface area contributed by atoms with Gasteiger partial charge in [0.25, 0.3) is 0 Å². The highest BCUT2D eigenvalue weighted by Gasteiger charge is 2.56. The number of anilines is 1. The first-order chi connectivity index (χ1) is 8.84. The van der Waals surface area contributed by atoms with Gasteiger partial charge in [0.05, 0.1) is 12.2 Å². The summed E-state index contributed by atoms with van der Waals surface area (Å²) in [4.78, 5) is 12.2. The smallest absolute Gasteiger partial charge is 0.229 e. The van der Waals surface area contributed by atoms with Crippen LogP contribution in [0.4, 0.5) is 5.82 Å². The topological polar surface area (TPSA) is 71.0 Å². The molecule has 96 valence electrons. The molecule has 3 N–H and O–H groups in total. The third kappa shape index (κ3) is 1.49. The minimum atomic E-state index is 0.167. The molecule has 1 aromatic heterocycles. The molecule has 2 aliphatic heterocycles. The molecule has 1 amide bonds. The van der Waals surface area contributed by atoms with Crippen molar-refractivity contribution >= 4 is 11.7 Å². The van der Waals surface area contributed by atoms with Crippen LogP contribution in [0.3, 0.4) is 0 Å². The SMILES string of the molecule is O=C(Nc1ccnn1C1CNC1)C1C2CNCC21. The molecular weight excluding hydrogens is 230 g/mol. The van der Waals surface area contributed by atoms with E-state index in [9.17, 15) is 4.79 Å². The Morgan fingerprint density at radius 1 is 1.28 bits per heavy atom. The Labute approximate surface area is 105 Å². The van der Waals surface area contributed by atoms with Crippen molar-refractivity contribution in [1.29, 1.82) is 0 Å². The highest BCUT2D eigenvalue weighted by atomic mass is 16.2. The molecule has 6 nitrogen and oxygen atoms in total. The second kappa shape index (κ2) is 3.80. The maximum atomic E-state index is 12.2. The van der Waals surface area contributed by atoms with Crippen LogP contribution < -0.4 is 16.0 Å². The Morgan fingerprint density at radius 2 is 2.00 bits per heavy atom. The molecule has 3 heterocycles. The molecule has 2 atom stereocenters. The lowest BCUT2D eigenvalue weighted by molar-refractivity contribution is -0.118. The van der Waals surface area contributed by atoms with Gasteiger partial charge in [-0.15, -0.1) is 0 Å². The molecule has 18 heavy (non-hydrogen) atoms. The maximum Gasteiger partial charge on any atom is 0.229 e. The monoisotopic (exact) mass is 247 g/mol. The van der Waals surface area contributed by atoms with Crippen molar-refractivity contribution in [3.05, 3.63) is 12.3 Å². The van der Waals surface area contributed by atoms with Gasteiger partial charge in [0.2, 0.25) is 5.91 Å². The van der Waals surface area contributed by atoms with Crippen molar-refractivity contribution in [2.45, 2.75) is 6.04 Å². The van der Waals surface area contributed by atoms with Crippen LogP contribution >= 0.6 is 0 Å². The maximum absolute atomic E-state index is 12.2. The summed E-state index contributed by atoms with van der Waals surface area (Å²) in [6.45, 7) is 3.86. The average Bonchev–Trinajstić information content (AvgIpc) is 2.66. The number of aromatic nitrogens is 2. The molecule has 4 rings (SSSR count). The molecule has 0 radical (unpaired) electrons. The molecule has 1 aromatic rings. The third-order valence-electron chi connectivity index (χ3n) is 4.42. The van der Waals surface area contributed by atoms with Crippen LogP contribution in [-0.2, 0) is 4.79 Å². The quantitative estimate of drug-likeness (QED) is 0.669. The van der Waals surface area contributed by atoms with Crippen LogP contribution in [0.25, 0.3) is 0 Å². The lowest BCUT2D eigenvalue weighted by Crippen LogP contribution is -2.44. The Morgan fingerprint density at radius 3 is 2.67 bits per heavy atom. The minimum Gasteiger partial charge on any atom is -0.316 e. The first kappa shape index (κ1) is 10.5. The largest absolute Gasteiger partial charge is 0.316 e. The zero-order valence-electron chi connectivity index (χ0n) is 10.1. The fraction of sp³-hybridized carbons (Fsp3) is 0.667. The number of nitrogens with one attached hydrogen (secondary N) is 3. The first-order valence-electron chi connectivity index (χ1n) is 6.60. The van der Waals surface area contributed by atoms with E-state index >= 15 is 0 Å². The number of carbonyl (C=O) groups is 1. The number of nitrogens with zero attached hydrogens (tertiary/aromatic N) is 2. The van der Waals surface area contributed by atoms with Crippen molar-refractivity contribution in [1.82, 2.24) is 20.4 Å². The Bertz CT molecular complexity index is 471. The van der Waals surface area contributed by atoms with E-state index in [1.54, 1.807) is 6.20 Å². The lowest BCUT2D eigenvalue weighted by atomic mass is 10.2. The van der Waals surface area contributed by atoms with E-state index in [2.05, 4.69) is 21.0 Å². The molecule has 0 bridgehead atoms. The highest BCUT2D eigenvalue weighted by Crippen LogP contribution is 2.49. The fourth-order valence-corrected chi connectivity index (χ4v) is 3.17. The molecule has 2 unspecified atom stereocenters. The summed E-state index contributed by atoms with van der Waals surface area (Å²) in [5.74, 6) is 2.34. The molecule has 1 aliphatic carbocycles. The summed E-state index contributed by atoms with van der Waals surface area (Å²) in [5.41, 5.74) is 0. The van der Waals surface area contributed by atoms with Crippen molar-refractivity contribution in [2.24, 2.45) is 17.8 Å². The Kier molecular flexibility index (Phi) is 2.22. The summed E-state index contributed by atoms with van der Waals surface area (Å²) in [6.07, 6.45) is 1.75. The van der Waals surface area contributed by atoms with Gasteiger partial charge in [-0.25, -0.2) is 4.68 Å². The van der Waals surface area contributed by atoms with E-state index in [1.807, 2.05) is 10.7 Å². The molecule has 0 spiro atoms. The van der Waals surface area contributed by atoms with Gasteiger partial charge in [-0.05, 0) is 24.9 Å². The number of fused-ring (bicyclic) bond motifs is 1. The van der Waals surface area contributed by atoms with Gasteiger partial charge in [-0.1, -0.05) is 0 Å². The minimum absolute atomic E-state index is 0.167. The molecule has 2 saturated heterocycles. The zero-order chi connectivity index (χ0) is 12.1. The van der Waals surface area contributed by atoms with Crippen LogP contribution in [0.1, 0.15) is 6.04 Å². The van der Waals surface area contributed by atoms with Gasteiger partial charge in [0, 0.05) is 25.1 Å². The Hall–Kier alpha value is -1.40. The van der Waals surface area contributed by atoms with Crippen LogP contribution in [0.15, 0.2) is 12.3 Å². The van der Waals surface area contributed by atoms with Crippen LogP contribution in [0.2, 0.25) is 0 Å². The highest BCUT2D eigenvalue weighted by molar-refractivity contribution is 5.94.